The van der Waals surface area contributed by atoms with Crippen molar-refractivity contribution >= 4 is 17.5 Å². The highest BCUT2D eigenvalue weighted by molar-refractivity contribution is 6.21. The molecule has 18 heavy (non-hydrogen) atoms. The van der Waals surface area contributed by atoms with Gasteiger partial charge < -0.3 is 0 Å². The molecule has 1 aromatic rings. The number of hydrogen-bond donors (Lipinski definition) is 0. The van der Waals surface area contributed by atoms with E-state index in [1.807, 2.05) is 0 Å². The molecular weight excluding hydrogens is 228 g/mol. The number of anilines is 1. The Kier molecular flexibility index (Phi) is 3.15. The van der Waals surface area contributed by atoms with Crippen LogP contribution in [0, 0.1) is 23.2 Å². The molecule has 2 unspecified atom stereocenters. The number of rotatable bonds is 2. The Morgan fingerprint density at radius 2 is 1.61 bits per heavy atom. The van der Waals surface area contributed by atoms with Crippen LogP contribution in [0.4, 0.5) is 5.69 Å². The third kappa shape index (κ3) is 1.88. The van der Waals surface area contributed by atoms with Crippen LogP contribution in [0.1, 0.15) is 19.4 Å². The maximum atomic E-state index is 12.0. The summed E-state index contributed by atoms with van der Waals surface area (Å²) in [7, 11) is 0. The lowest BCUT2D eigenvalue weighted by Gasteiger charge is -2.14. The second-order valence-electron chi connectivity index (χ2n) is 4.59. The standard InChI is InChI=1S/C14H14N2O2/c1-9-10(2)14(18)16(13(9)17)12-5-3-11(4-6-12)7-8-15/h3-6,9-10H,7H2,1-2H3. The van der Waals surface area contributed by atoms with E-state index in [0.717, 1.165) is 5.56 Å². The molecule has 2 atom stereocenters. The fourth-order valence-electron chi connectivity index (χ4n) is 2.05. The molecule has 4 heteroatoms. The van der Waals surface area contributed by atoms with Gasteiger partial charge in [-0.2, -0.15) is 5.26 Å². The van der Waals surface area contributed by atoms with Gasteiger partial charge in [-0.05, 0) is 17.7 Å². The predicted octanol–water partition coefficient (Wildman–Crippen LogP) is 1.90. The zero-order chi connectivity index (χ0) is 13.3. The van der Waals surface area contributed by atoms with Crippen LogP contribution >= 0.6 is 0 Å². The molecule has 0 aromatic heterocycles. The van der Waals surface area contributed by atoms with Crippen molar-refractivity contribution in [1.82, 2.24) is 0 Å². The van der Waals surface area contributed by atoms with Gasteiger partial charge in [0.1, 0.15) is 0 Å². The summed E-state index contributed by atoms with van der Waals surface area (Å²) in [5.74, 6) is -0.839. The molecule has 0 bridgehead atoms. The van der Waals surface area contributed by atoms with Crippen LogP contribution in [-0.2, 0) is 16.0 Å². The van der Waals surface area contributed by atoms with Gasteiger partial charge in [-0.25, -0.2) is 0 Å². The zero-order valence-corrected chi connectivity index (χ0v) is 10.4. The van der Waals surface area contributed by atoms with Gasteiger partial charge in [0, 0.05) is 11.8 Å². The van der Waals surface area contributed by atoms with Gasteiger partial charge in [0.05, 0.1) is 18.2 Å². The largest absolute Gasteiger partial charge is 0.274 e. The first-order chi connectivity index (χ1) is 8.56. The molecule has 0 spiro atoms. The molecule has 92 valence electrons. The quantitative estimate of drug-likeness (QED) is 0.744. The van der Waals surface area contributed by atoms with Crippen molar-refractivity contribution in [3.05, 3.63) is 29.8 Å². The van der Waals surface area contributed by atoms with Crippen molar-refractivity contribution in [2.75, 3.05) is 4.90 Å². The second kappa shape index (κ2) is 4.61. The van der Waals surface area contributed by atoms with E-state index >= 15 is 0 Å². The van der Waals surface area contributed by atoms with Crippen molar-refractivity contribution in [2.24, 2.45) is 11.8 Å². The SMILES string of the molecule is CC1C(=O)N(c2ccc(CC#N)cc2)C(=O)C1C. The number of amides is 2. The van der Waals surface area contributed by atoms with Crippen LogP contribution in [0.3, 0.4) is 0 Å². The number of nitriles is 1. The minimum absolute atomic E-state index is 0.152. The number of imide groups is 1. The number of benzene rings is 1. The molecule has 1 saturated heterocycles. The van der Waals surface area contributed by atoms with Gasteiger partial charge in [0.15, 0.2) is 0 Å². The van der Waals surface area contributed by atoms with E-state index in [9.17, 15) is 9.59 Å². The van der Waals surface area contributed by atoms with Gasteiger partial charge in [0.2, 0.25) is 11.8 Å². The maximum Gasteiger partial charge on any atom is 0.237 e. The molecule has 1 aliphatic rings. The van der Waals surface area contributed by atoms with Crippen LogP contribution in [0.2, 0.25) is 0 Å². The van der Waals surface area contributed by atoms with Crippen molar-refractivity contribution < 1.29 is 9.59 Å². The molecular formula is C14H14N2O2. The van der Waals surface area contributed by atoms with Crippen LogP contribution in [0.5, 0.6) is 0 Å². The molecule has 2 amide bonds. The third-order valence-corrected chi connectivity index (χ3v) is 3.45. The first kappa shape index (κ1) is 12.3. The Labute approximate surface area is 106 Å². The summed E-state index contributed by atoms with van der Waals surface area (Å²) in [6.07, 6.45) is 0.328. The van der Waals surface area contributed by atoms with E-state index in [-0.39, 0.29) is 23.7 Å². The highest BCUT2D eigenvalue weighted by Crippen LogP contribution is 2.30. The van der Waals surface area contributed by atoms with E-state index in [1.165, 1.54) is 4.90 Å². The summed E-state index contributed by atoms with van der Waals surface area (Å²) in [6, 6.07) is 9.03. The molecule has 4 nitrogen and oxygen atoms in total. The molecule has 1 heterocycles. The lowest BCUT2D eigenvalue weighted by atomic mass is 10.00. The van der Waals surface area contributed by atoms with E-state index in [4.69, 9.17) is 5.26 Å². The molecule has 0 aliphatic carbocycles. The van der Waals surface area contributed by atoms with E-state index in [1.54, 1.807) is 38.1 Å². The van der Waals surface area contributed by atoms with Crippen LogP contribution in [0.25, 0.3) is 0 Å². The van der Waals surface area contributed by atoms with Gasteiger partial charge in [-0.15, -0.1) is 0 Å². The molecule has 0 radical (unpaired) electrons. The van der Waals surface area contributed by atoms with Crippen molar-refractivity contribution in [3.8, 4) is 6.07 Å². The zero-order valence-electron chi connectivity index (χ0n) is 10.4. The lowest BCUT2D eigenvalue weighted by Crippen LogP contribution is -2.30. The van der Waals surface area contributed by atoms with Gasteiger partial charge in [0.25, 0.3) is 0 Å². The highest BCUT2D eigenvalue weighted by Gasteiger charge is 2.42. The molecule has 1 fully saturated rings. The summed E-state index contributed by atoms with van der Waals surface area (Å²) < 4.78 is 0. The summed E-state index contributed by atoms with van der Waals surface area (Å²) >= 11 is 0. The smallest absolute Gasteiger partial charge is 0.237 e. The van der Waals surface area contributed by atoms with E-state index in [2.05, 4.69) is 6.07 Å². The maximum absolute atomic E-state index is 12.0. The summed E-state index contributed by atoms with van der Waals surface area (Å²) in [5, 5.41) is 8.59. The normalized spacial score (nSPS) is 23.3. The molecule has 0 saturated carbocycles. The Hall–Kier alpha value is -2.15. The topological polar surface area (TPSA) is 61.2 Å². The minimum Gasteiger partial charge on any atom is -0.274 e. The Bertz CT molecular complexity index is 508. The average molecular weight is 242 g/mol. The summed E-state index contributed by atoms with van der Waals surface area (Å²) in [6.45, 7) is 3.55. The van der Waals surface area contributed by atoms with Crippen LogP contribution < -0.4 is 4.90 Å². The fourth-order valence-corrected chi connectivity index (χ4v) is 2.05. The number of nitrogens with zero attached hydrogens (tertiary/aromatic N) is 2. The van der Waals surface area contributed by atoms with Crippen molar-refractivity contribution in [1.29, 1.82) is 5.26 Å². The predicted molar refractivity (Wildman–Crippen MR) is 66.6 cm³/mol. The number of carbonyl (C=O) groups is 2. The first-order valence-corrected chi connectivity index (χ1v) is 5.90. The monoisotopic (exact) mass is 242 g/mol. The number of carbonyl (C=O) groups excluding carboxylic acids is 2. The first-order valence-electron chi connectivity index (χ1n) is 5.90. The van der Waals surface area contributed by atoms with E-state index < -0.39 is 0 Å². The van der Waals surface area contributed by atoms with Crippen molar-refractivity contribution in [2.45, 2.75) is 20.3 Å². The Balaban J connectivity index is 2.30. The average Bonchev–Trinajstić information content (AvgIpc) is 2.56. The van der Waals surface area contributed by atoms with Gasteiger partial charge >= 0.3 is 0 Å². The third-order valence-electron chi connectivity index (χ3n) is 3.45. The second-order valence-corrected chi connectivity index (χ2v) is 4.59. The van der Waals surface area contributed by atoms with Crippen LogP contribution in [0.15, 0.2) is 24.3 Å². The van der Waals surface area contributed by atoms with Crippen LogP contribution in [-0.4, -0.2) is 11.8 Å². The summed E-state index contributed by atoms with van der Waals surface area (Å²) in [4.78, 5) is 25.2. The fraction of sp³-hybridized carbons (Fsp3) is 0.357. The Morgan fingerprint density at radius 1 is 1.11 bits per heavy atom. The number of hydrogen-bond acceptors (Lipinski definition) is 3. The summed E-state index contributed by atoms with van der Waals surface area (Å²) in [5.41, 5.74) is 1.46. The van der Waals surface area contributed by atoms with Gasteiger partial charge in [-0.1, -0.05) is 26.0 Å². The molecule has 1 aliphatic heterocycles. The minimum atomic E-state index is -0.267. The molecule has 0 N–H and O–H groups in total. The highest BCUT2D eigenvalue weighted by atomic mass is 16.2. The van der Waals surface area contributed by atoms with Gasteiger partial charge in [-0.3, -0.25) is 14.5 Å². The Morgan fingerprint density at radius 3 is 2.06 bits per heavy atom. The van der Waals surface area contributed by atoms with Crippen molar-refractivity contribution in [3.63, 3.8) is 0 Å². The molecule has 1 aromatic carbocycles. The molecule has 2 rings (SSSR count). The van der Waals surface area contributed by atoms with E-state index in [0.29, 0.717) is 12.1 Å². The lowest BCUT2D eigenvalue weighted by molar-refractivity contribution is -0.122.